The minimum atomic E-state index is -1.81. The van der Waals surface area contributed by atoms with E-state index in [4.69, 9.17) is 10.2 Å². The molecule has 0 aliphatic heterocycles. The Kier molecular flexibility index (Phi) is 4.17. The summed E-state index contributed by atoms with van der Waals surface area (Å²) in [6.07, 6.45) is -1.92. The number of carboxylic acid groups (broad SMARTS) is 2. The van der Waals surface area contributed by atoms with E-state index >= 15 is 0 Å². The van der Waals surface area contributed by atoms with Gasteiger partial charge >= 0.3 is 11.9 Å². The van der Waals surface area contributed by atoms with Gasteiger partial charge in [-0.25, -0.2) is 9.18 Å². The molecule has 17 heavy (non-hydrogen) atoms. The molecule has 0 heterocycles. The summed E-state index contributed by atoms with van der Waals surface area (Å²) in [6.45, 7) is 0. The van der Waals surface area contributed by atoms with E-state index in [0.717, 1.165) is 12.1 Å². The fraction of sp³-hybridized carbons (Fsp3) is 0.273. The maximum atomic E-state index is 13.1. The molecular weight excluding hydrogens is 231 g/mol. The molecule has 1 unspecified atom stereocenters. The predicted molar refractivity (Wildman–Crippen MR) is 55.0 cm³/mol. The van der Waals surface area contributed by atoms with Crippen molar-refractivity contribution in [1.82, 2.24) is 0 Å². The number of carboxylic acids is 2. The zero-order chi connectivity index (χ0) is 13.0. The number of carbonyl (C=O) groups is 2. The summed E-state index contributed by atoms with van der Waals surface area (Å²) in [5, 5.41) is 26.3. The number of hydrogen-bond donors (Lipinski definition) is 3. The molecule has 1 atom stereocenters. The maximum Gasteiger partial charge on any atom is 0.337 e. The first-order valence-corrected chi connectivity index (χ1v) is 4.82. The van der Waals surface area contributed by atoms with Crippen molar-refractivity contribution < 1.29 is 29.3 Å². The van der Waals surface area contributed by atoms with E-state index in [1.807, 2.05) is 0 Å². The van der Waals surface area contributed by atoms with Crippen molar-refractivity contribution in [3.8, 4) is 0 Å². The van der Waals surface area contributed by atoms with Gasteiger partial charge in [-0.05, 0) is 29.7 Å². The number of aryl methyl sites for hydroxylation is 1. The minimum absolute atomic E-state index is 0.0758. The van der Waals surface area contributed by atoms with Crippen molar-refractivity contribution >= 4 is 11.9 Å². The first-order valence-electron chi connectivity index (χ1n) is 4.82. The molecule has 0 bridgehead atoms. The molecule has 1 aromatic carbocycles. The predicted octanol–water partition coefficient (Wildman–Crippen LogP) is 0.961. The maximum absolute atomic E-state index is 13.1. The van der Waals surface area contributed by atoms with E-state index in [1.165, 1.54) is 6.07 Å². The van der Waals surface area contributed by atoms with Gasteiger partial charge in [0.15, 0.2) is 6.10 Å². The van der Waals surface area contributed by atoms with E-state index in [9.17, 15) is 19.1 Å². The van der Waals surface area contributed by atoms with Crippen molar-refractivity contribution in [2.45, 2.75) is 18.9 Å². The Morgan fingerprint density at radius 3 is 2.41 bits per heavy atom. The molecule has 6 heteroatoms. The number of aliphatic hydroxyl groups is 1. The third-order valence-corrected chi connectivity index (χ3v) is 2.16. The van der Waals surface area contributed by atoms with Crippen LogP contribution in [0.15, 0.2) is 18.2 Å². The highest BCUT2D eigenvalue weighted by atomic mass is 19.1. The summed E-state index contributed by atoms with van der Waals surface area (Å²) < 4.78 is 13.1. The average molecular weight is 242 g/mol. The normalized spacial score (nSPS) is 12.1. The van der Waals surface area contributed by atoms with Gasteiger partial charge in [0.1, 0.15) is 5.82 Å². The minimum Gasteiger partial charge on any atom is -0.481 e. The van der Waals surface area contributed by atoms with E-state index in [1.54, 1.807) is 0 Å². The smallest absolute Gasteiger partial charge is 0.337 e. The van der Waals surface area contributed by atoms with Crippen LogP contribution in [-0.4, -0.2) is 27.3 Å². The van der Waals surface area contributed by atoms with Crippen LogP contribution >= 0.6 is 0 Å². The molecule has 3 N–H and O–H groups in total. The SMILES string of the molecule is O=C(O)CCc1cc(F)cc(C(O)C(=O)O)c1. The molecule has 0 aliphatic carbocycles. The topological polar surface area (TPSA) is 94.8 Å². The Bertz CT molecular complexity index is 443. The van der Waals surface area contributed by atoms with Crippen LogP contribution < -0.4 is 0 Å². The van der Waals surface area contributed by atoms with Gasteiger partial charge in [-0.15, -0.1) is 0 Å². The van der Waals surface area contributed by atoms with Crippen molar-refractivity contribution in [1.29, 1.82) is 0 Å². The lowest BCUT2D eigenvalue weighted by molar-refractivity contribution is -0.147. The Labute approximate surface area is 96.1 Å². The van der Waals surface area contributed by atoms with Gasteiger partial charge in [-0.2, -0.15) is 0 Å². The highest BCUT2D eigenvalue weighted by molar-refractivity contribution is 5.74. The first kappa shape index (κ1) is 13.1. The molecule has 0 aliphatic rings. The van der Waals surface area contributed by atoms with E-state index in [-0.39, 0.29) is 18.4 Å². The number of aliphatic carboxylic acids is 2. The summed E-state index contributed by atoms with van der Waals surface area (Å²) in [7, 11) is 0. The van der Waals surface area contributed by atoms with Gasteiger partial charge in [0.25, 0.3) is 0 Å². The van der Waals surface area contributed by atoms with Crippen LogP contribution in [0.3, 0.4) is 0 Å². The van der Waals surface area contributed by atoms with Crippen LogP contribution in [0.2, 0.25) is 0 Å². The van der Waals surface area contributed by atoms with Crippen molar-refractivity contribution in [2.75, 3.05) is 0 Å². The molecule has 0 amide bonds. The van der Waals surface area contributed by atoms with Gasteiger partial charge in [0.05, 0.1) is 0 Å². The highest BCUT2D eigenvalue weighted by Crippen LogP contribution is 2.18. The summed E-state index contributed by atoms with van der Waals surface area (Å²) in [5.74, 6) is -3.22. The fourth-order valence-electron chi connectivity index (χ4n) is 1.37. The lowest BCUT2D eigenvalue weighted by Gasteiger charge is -2.08. The number of halogens is 1. The second kappa shape index (κ2) is 5.40. The average Bonchev–Trinajstić information content (AvgIpc) is 2.24. The van der Waals surface area contributed by atoms with Gasteiger partial charge in [0.2, 0.25) is 0 Å². The Hall–Kier alpha value is -1.95. The number of hydrogen-bond acceptors (Lipinski definition) is 3. The quantitative estimate of drug-likeness (QED) is 0.714. The molecule has 0 saturated heterocycles. The molecule has 0 saturated carbocycles. The summed E-state index contributed by atoms with van der Waals surface area (Å²) in [5.41, 5.74) is 0.237. The van der Waals surface area contributed by atoms with Crippen LogP contribution in [0, 0.1) is 5.82 Å². The first-order chi connectivity index (χ1) is 7.90. The zero-order valence-corrected chi connectivity index (χ0v) is 8.76. The van der Waals surface area contributed by atoms with Gasteiger partial charge < -0.3 is 15.3 Å². The van der Waals surface area contributed by atoms with Gasteiger partial charge in [-0.1, -0.05) is 6.07 Å². The summed E-state index contributed by atoms with van der Waals surface area (Å²) in [4.78, 5) is 20.9. The second-order valence-corrected chi connectivity index (χ2v) is 3.53. The third kappa shape index (κ3) is 3.84. The van der Waals surface area contributed by atoms with E-state index in [0.29, 0.717) is 5.56 Å². The van der Waals surface area contributed by atoms with Crippen LogP contribution in [0.25, 0.3) is 0 Å². The third-order valence-electron chi connectivity index (χ3n) is 2.16. The van der Waals surface area contributed by atoms with Gasteiger partial charge in [0, 0.05) is 6.42 Å². The lowest BCUT2D eigenvalue weighted by Crippen LogP contribution is -2.11. The molecule has 0 aromatic heterocycles. The van der Waals surface area contributed by atoms with Gasteiger partial charge in [-0.3, -0.25) is 4.79 Å². The van der Waals surface area contributed by atoms with Crippen molar-refractivity contribution in [3.05, 3.63) is 35.1 Å². The highest BCUT2D eigenvalue weighted by Gasteiger charge is 2.17. The number of benzene rings is 1. The fourth-order valence-corrected chi connectivity index (χ4v) is 1.37. The molecule has 0 fully saturated rings. The largest absolute Gasteiger partial charge is 0.481 e. The summed E-state index contributed by atoms with van der Waals surface area (Å²) >= 11 is 0. The Balaban J connectivity index is 2.93. The second-order valence-electron chi connectivity index (χ2n) is 3.53. The molecule has 1 aromatic rings. The molecular formula is C11H11FO5. The lowest BCUT2D eigenvalue weighted by atomic mass is 10.0. The molecule has 0 radical (unpaired) electrons. The zero-order valence-electron chi connectivity index (χ0n) is 8.76. The molecule has 0 spiro atoms. The summed E-state index contributed by atoms with van der Waals surface area (Å²) in [6, 6.07) is 3.30. The van der Waals surface area contributed by atoms with Crippen molar-refractivity contribution in [3.63, 3.8) is 0 Å². The van der Waals surface area contributed by atoms with Crippen LogP contribution in [0.4, 0.5) is 4.39 Å². The standard InChI is InChI=1S/C11H11FO5/c12-8-4-6(1-2-9(13)14)3-7(5-8)10(15)11(16)17/h3-5,10,15H,1-2H2,(H,13,14)(H,16,17). The van der Waals surface area contributed by atoms with E-state index < -0.39 is 23.9 Å². The molecule has 1 rings (SSSR count). The Morgan fingerprint density at radius 1 is 1.24 bits per heavy atom. The monoisotopic (exact) mass is 242 g/mol. The molecule has 92 valence electrons. The van der Waals surface area contributed by atoms with Crippen molar-refractivity contribution in [2.24, 2.45) is 0 Å². The number of aliphatic hydroxyl groups excluding tert-OH is 1. The molecule has 5 nitrogen and oxygen atoms in total. The van der Waals surface area contributed by atoms with Crippen LogP contribution in [-0.2, 0) is 16.0 Å². The Morgan fingerprint density at radius 2 is 1.88 bits per heavy atom. The van der Waals surface area contributed by atoms with Crippen LogP contribution in [0.5, 0.6) is 0 Å². The van der Waals surface area contributed by atoms with Crippen LogP contribution in [0.1, 0.15) is 23.7 Å². The van der Waals surface area contributed by atoms with E-state index in [2.05, 4.69) is 0 Å². The number of rotatable bonds is 5.